The molecule has 1 aromatic heterocycles. The van der Waals surface area contributed by atoms with E-state index in [2.05, 4.69) is 15.2 Å². The minimum absolute atomic E-state index is 0.132. The molecule has 0 spiro atoms. The molecule has 1 aliphatic rings. The third-order valence-electron chi connectivity index (χ3n) is 4.37. The summed E-state index contributed by atoms with van der Waals surface area (Å²) >= 11 is 0. The normalized spacial score (nSPS) is 13.6. The fourth-order valence-electron chi connectivity index (χ4n) is 3.02. The van der Waals surface area contributed by atoms with Crippen molar-refractivity contribution in [3.63, 3.8) is 0 Å². The van der Waals surface area contributed by atoms with Gasteiger partial charge in [-0.15, -0.1) is 0 Å². The van der Waals surface area contributed by atoms with Crippen molar-refractivity contribution in [1.82, 2.24) is 10.3 Å². The van der Waals surface area contributed by atoms with Crippen molar-refractivity contribution in [2.45, 2.75) is 19.4 Å². The van der Waals surface area contributed by atoms with Crippen LogP contribution in [0, 0.1) is 0 Å². The standard InChI is InChI=1S/C19H23N3O3/c1-24-15-8-7-14(17(12-15)25-2)13-21-19(23)16-6-5-9-20-18(16)22-10-3-4-11-22/h5-9,12H,3-4,10-11,13H2,1-2H3,(H,21,23). The molecule has 0 unspecified atom stereocenters. The first-order valence-electron chi connectivity index (χ1n) is 8.42. The highest BCUT2D eigenvalue weighted by Crippen LogP contribution is 2.25. The zero-order chi connectivity index (χ0) is 17.6. The maximum Gasteiger partial charge on any atom is 0.255 e. The van der Waals surface area contributed by atoms with Crippen LogP contribution in [-0.2, 0) is 6.54 Å². The monoisotopic (exact) mass is 341 g/mol. The lowest BCUT2D eigenvalue weighted by atomic mass is 10.1. The number of carbonyl (C=O) groups is 1. The lowest BCUT2D eigenvalue weighted by Crippen LogP contribution is -2.28. The molecule has 2 heterocycles. The Kier molecular flexibility index (Phi) is 5.38. The summed E-state index contributed by atoms with van der Waals surface area (Å²) in [6.45, 7) is 2.27. The van der Waals surface area contributed by atoms with Gasteiger partial charge in [0.1, 0.15) is 17.3 Å². The number of aromatic nitrogens is 1. The molecule has 1 N–H and O–H groups in total. The Morgan fingerprint density at radius 2 is 2.00 bits per heavy atom. The zero-order valence-corrected chi connectivity index (χ0v) is 14.6. The highest BCUT2D eigenvalue weighted by molar-refractivity contribution is 5.98. The molecule has 6 nitrogen and oxygen atoms in total. The SMILES string of the molecule is COc1ccc(CNC(=O)c2cccnc2N2CCCC2)c(OC)c1. The summed E-state index contributed by atoms with van der Waals surface area (Å²) in [7, 11) is 3.21. The van der Waals surface area contributed by atoms with Crippen LogP contribution < -0.4 is 19.7 Å². The topological polar surface area (TPSA) is 63.7 Å². The van der Waals surface area contributed by atoms with Crippen LogP contribution in [0.3, 0.4) is 0 Å². The Labute approximate surface area is 147 Å². The quantitative estimate of drug-likeness (QED) is 0.875. The Bertz CT molecular complexity index is 742. The molecule has 3 rings (SSSR count). The average molecular weight is 341 g/mol. The molecular weight excluding hydrogens is 318 g/mol. The van der Waals surface area contributed by atoms with Gasteiger partial charge in [-0.3, -0.25) is 4.79 Å². The van der Waals surface area contributed by atoms with E-state index in [0.717, 1.165) is 43.1 Å². The van der Waals surface area contributed by atoms with Crippen LogP contribution in [0.2, 0.25) is 0 Å². The van der Waals surface area contributed by atoms with Crippen molar-refractivity contribution in [1.29, 1.82) is 0 Å². The van der Waals surface area contributed by atoms with Crippen molar-refractivity contribution < 1.29 is 14.3 Å². The maximum absolute atomic E-state index is 12.7. The van der Waals surface area contributed by atoms with Crippen LogP contribution >= 0.6 is 0 Å². The fraction of sp³-hybridized carbons (Fsp3) is 0.368. The number of anilines is 1. The number of pyridine rings is 1. The first-order chi connectivity index (χ1) is 12.2. The zero-order valence-electron chi connectivity index (χ0n) is 14.6. The van der Waals surface area contributed by atoms with Crippen LogP contribution in [0.4, 0.5) is 5.82 Å². The van der Waals surface area contributed by atoms with Gasteiger partial charge in [0.05, 0.1) is 19.8 Å². The summed E-state index contributed by atoms with van der Waals surface area (Å²) in [6.07, 6.45) is 4.01. The Balaban J connectivity index is 1.73. The molecule has 6 heteroatoms. The predicted molar refractivity (Wildman–Crippen MR) is 96.4 cm³/mol. The van der Waals surface area contributed by atoms with Crippen LogP contribution in [-0.4, -0.2) is 38.2 Å². The van der Waals surface area contributed by atoms with E-state index < -0.39 is 0 Å². The highest BCUT2D eigenvalue weighted by Gasteiger charge is 2.20. The van der Waals surface area contributed by atoms with Crippen molar-refractivity contribution in [2.24, 2.45) is 0 Å². The van der Waals surface area contributed by atoms with Gasteiger partial charge in [-0.25, -0.2) is 4.98 Å². The first-order valence-corrected chi connectivity index (χ1v) is 8.42. The summed E-state index contributed by atoms with van der Waals surface area (Å²) < 4.78 is 10.6. The largest absolute Gasteiger partial charge is 0.497 e. The lowest BCUT2D eigenvalue weighted by Gasteiger charge is -2.19. The molecule has 1 aliphatic heterocycles. The van der Waals surface area contributed by atoms with Crippen LogP contribution in [0.1, 0.15) is 28.8 Å². The number of methoxy groups -OCH3 is 2. The third-order valence-corrected chi connectivity index (χ3v) is 4.37. The second-order valence-corrected chi connectivity index (χ2v) is 5.93. The van der Waals surface area contributed by atoms with E-state index in [4.69, 9.17) is 9.47 Å². The molecule has 0 saturated carbocycles. The van der Waals surface area contributed by atoms with E-state index in [-0.39, 0.29) is 5.91 Å². The van der Waals surface area contributed by atoms with Crippen molar-refractivity contribution in [3.8, 4) is 11.5 Å². The maximum atomic E-state index is 12.7. The Morgan fingerprint density at radius 3 is 2.72 bits per heavy atom. The number of benzene rings is 1. The van der Waals surface area contributed by atoms with E-state index in [1.165, 1.54) is 0 Å². The Hall–Kier alpha value is -2.76. The second-order valence-electron chi connectivity index (χ2n) is 5.93. The summed E-state index contributed by atoms with van der Waals surface area (Å²) in [5.74, 6) is 2.04. The van der Waals surface area contributed by atoms with Gasteiger partial charge in [0.15, 0.2) is 0 Å². The molecule has 1 amide bonds. The Morgan fingerprint density at radius 1 is 1.20 bits per heavy atom. The average Bonchev–Trinajstić information content (AvgIpc) is 3.20. The summed E-state index contributed by atoms with van der Waals surface area (Å²) in [5.41, 5.74) is 1.50. The molecule has 0 radical (unpaired) electrons. The van der Waals surface area contributed by atoms with Crippen molar-refractivity contribution in [3.05, 3.63) is 47.7 Å². The smallest absolute Gasteiger partial charge is 0.255 e. The number of rotatable bonds is 6. The number of hydrogen-bond acceptors (Lipinski definition) is 5. The molecule has 0 aliphatic carbocycles. The van der Waals surface area contributed by atoms with Gasteiger partial charge in [0, 0.05) is 37.5 Å². The van der Waals surface area contributed by atoms with E-state index in [9.17, 15) is 4.79 Å². The van der Waals surface area contributed by atoms with Crippen LogP contribution in [0.5, 0.6) is 11.5 Å². The van der Waals surface area contributed by atoms with Gasteiger partial charge in [-0.1, -0.05) is 0 Å². The molecule has 0 atom stereocenters. The lowest BCUT2D eigenvalue weighted by molar-refractivity contribution is 0.0951. The minimum atomic E-state index is -0.132. The highest BCUT2D eigenvalue weighted by atomic mass is 16.5. The second kappa shape index (κ2) is 7.88. The molecule has 2 aromatic rings. The summed E-state index contributed by atoms with van der Waals surface area (Å²) in [5, 5.41) is 2.96. The first kappa shape index (κ1) is 17.1. The van der Waals surface area contributed by atoms with Gasteiger partial charge in [-0.05, 0) is 37.1 Å². The van der Waals surface area contributed by atoms with E-state index >= 15 is 0 Å². The minimum Gasteiger partial charge on any atom is -0.497 e. The van der Waals surface area contributed by atoms with Crippen molar-refractivity contribution >= 4 is 11.7 Å². The summed E-state index contributed by atoms with van der Waals surface area (Å²) in [6, 6.07) is 9.16. The molecule has 0 bridgehead atoms. The number of ether oxygens (including phenoxy) is 2. The van der Waals surface area contributed by atoms with Crippen molar-refractivity contribution in [2.75, 3.05) is 32.2 Å². The number of carbonyl (C=O) groups excluding carboxylic acids is 1. The number of hydrogen-bond donors (Lipinski definition) is 1. The predicted octanol–water partition coefficient (Wildman–Crippen LogP) is 2.63. The molecule has 132 valence electrons. The summed E-state index contributed by atoms with van der Waals surface area (Å²) in [4.78, 5) is 19.3. The molecule has 1 aromatic carbocycles. The van der Waals surface area contributed by atoms with E-state index in [0.29, 0.717) is 17.9 Å². The van der Waals surface area contributed by atoms with E-state index in [1.807, 2.05) is 18.2 Å². The molecule has 1 fully saturated rings. The van der Waals surface area contributed by atoms with E-state index in [1.54, 1.807) is 32.5 Å². The fourth-order valence-corrected chi connectivity index (χ4v) is 3.02. The number of nitrogens with one attached hydrogen (secondary N) is 1. The number of nitrogens with zero attached hydrogens (tertiary/aromatic N) is 2. The molecule has 1 saturated heterocycles. The van der Waals surface area contributed by atoms with Gasteiger partial charge in [-0.2, -0.15) is 0 Å². The van der Waals surface area contributed by atoms with Gasteiger partial charge in [0.25, 0.3) is 5.91 Å². The van der Waals surface area contributed by atoms with Gasteiger partial charge in [0.2, 0.25) is 0 Å². The molecular formula is C19H23N3O3. The molecule has 25 heavy (non-hydrogen) atoms. The third kappa shape index (κ3) is 3.84. The van der Waals surface area contributed by atoms with Crippen LogP contribution in [0.15, 0.2) is 36.5 Å². The van der Waals surface area contributed by atoms with Gasteiger partial charge >= 0.3 is 0 Å². The number of amides is 1. The van der Waals surface area contributed by atoms with Gasteiger partial charge < -0.3 is 19.7 Å². The van der Waals surface area contributed by atoms with Crippen LogP contribution in [0.25, 0.3) is 0 Å².